The lowest BCUT2D eigenvalue weighted by atomic mass is 9.81. The Bertz CT molecular complexity index is 426. The monoisotopic (exact) mass is 328 g/mol. The molecule has 0 saturated heterocycles. The highest BCUT2D eigenvalue weighted by Crippen LogP contribution is 2.38. The minimum atomic E-state index is -1.97. The molecule has 0 aromatic carbocycles. The van der Waals surface area contributed by atoms with Crippen LogP contribution in [0.2, 0.25) is 18.1 Å². The highest BCUT2D eigenvalue weighted by molar-refractivity contribution is 6.74. The fourth-order valence-corrected chi connectivity index (χ4v) is 2.83. The fourth-order valence-electron chi connectivity index (χ4n) is 1.78. The summed E-state index contributed by atoms with van der Waals surface area (Å²) in [6.45, 7) is 10.8. The van der Waals surface area contributed by atoms with Crippen molar-refractivity contribution in [1.82, 2.24) is 0 Å². The van der Waals surface area contributed by atoms with E-state index >= 15 is 0 Å². The zero-order chi connectivity index (χ0) is 17.6. The maximum atomic E-state index is 12.1. The summed E-state index contributed by atoms with van der Waals surface area (Å²) in [6.07, 6.45) is 5.39. The van der Waals surface area contributed by atoms with E-state index in [1.54, 1.807) is 0 Å². The third-order valence-electron chi connectivity index (χ3n) is 4.35. The van der Waals surface area contributed by atoms with E-state index in [9.17, 15) is 9.59 Å². The predicted molar refractivity (Wildman–Crippen MR) is 87.7 cm³/mol. The van der Waals surface area contributed by atoms with Gasteiger partial charge in [0.1, 0.15) is 0 Å². The number of ether oxygens (including phenoxy) is 2. The quantitative estimate of drug-likeness (QED) is 0.311. The second-order valence-electron chi connectivity index (χ2n) is 6.80. The summed E-state index contributed by atoms with van der Waals surface area (Å²) in [4.78, 5) is 24.2. The van der Waals surface area contributed by atoms with Crippen molar-refractivity contribution in [3.05, 3.63) is 0 Å². The Balaban J connectivity index is 5.21. The van der Waals surface area contributed by atoms with Crippen LogP contribution in [-0.4, -0.2) is 41.1 Å². The van der Waals surface area contributed by atoms with Crippen molar-refractivity contribution in [2.75, 3.05) is 20.8 Å². The van der Waals surface area contributed by atoms with Crippen molar-refractivity contribution in [2.24, 2.45) is 5.41 Å². The molecule has 0 aromatic heterocycles. The molecule has 0 aliphatic carbocycles. The van der Waals surface area contributed by atoms with Crippen LogP contribution in [0.5, 0.6) is 0 Å². The van der Waals surface area contributed by atoms with Crippen LogP contribution in [0.25, 0.3) is 0 Å². The Kier molecular flexibility index (Phi) is 7.32. The summed E-state index contributed by atoms with van der Waals surface area (Å²) in [5.74, 6) is 1.00. The number of carbonyl (C=O) groups excluding carboxylic acids is 2. The van der Waals surface area contributed by atoms with Crippen LogP contribution in [0.15, 0.2) is 0 Å². The second kappa shape index (κ2) is 7.79. The first-order valence-corrected chi connectivity index (χ1v) is 10.1. The number of methoxy groups -OCH3 is 2. The Morgan fingerprint density at radius 2 is 1.55 bits per heavy atom. The predicted octanol–water partition coefficient (Wildman–Crippen LogP) is 2.75. The van der Waals surface area contributed by atoms with Crippen molar-refractivity contribution in [1.29, 1.82) is 0 Å². The molecule has 0 aromatic rings. The molecule has 6 heteroatoms. The molecule has 0 bridgehead atoms. The van der Waals surface area contributed by atoms with Gasteiger partial charge in [0, 0.05) is 13.0 Å². The van der Waals surface area contributed by atoms with Gasteiger partial charge in [-0.25, -0.2) is 0 Å². The second-order valence-corrected chi connectivity index (χ2v) is 11.6. The normalized spacial score (nSPS) is 12.5. The summed E-state index contributed by atoms with van der Waals surface area (Å²) in [7, 11) is 0.481. The van der Waals surface area contributed by atoms with Gasteiger partial charge in [0.25, 0.3) is 0 Å². The van der Waals surface area contributed by atoms with Crippen LogP contribution >= 0.6 is 0 Å². The fraction of sp³-hybridized carbons (Fsp3) is 0.750. The Labute approximate surface area is 134 Å². The Morgan fingerprint density at radius 1 is 1.09 bits per heavy atom. The third kappa shape index (κ3) is 4.59. The maximum Gasteiger partial charge on any atom is 0.324 e. The SMILES string of the molecule is C#CCC(CCO[Si](C)(C)C(C)(C)C)(C(=O)OC)C(=O)OC. The van der Waals surface area contributed by atoms with E-state index in [1.165, 1.54) is 14.2 Å². The molecular formula is C16H28O5Si. The lowest BCUT2D eigenvalue weighted by Gasteiger charge is -2.37. The average molecular weight is 328 g/mol. The molecule has 0 aliphatic heterocycles. The number of hydrogen-bond donors (Lipinski definition) is 0. The van der Waals surface area contributed by atoms with Gasteiger partial charge in [0.2, 0.25) is 0 Å². The van der Waals surface area contributed by atoms with Gasteiger partial charge in [-0.05, 0) is 24.6 Å². The average Bonchev–Trinajstić information content (AvgIpc) is 2.43. The number of esters is 2. The van der Waals surface area contributed by atoms with Gasteiger partial charge in [-0.1, -0.05) is 20.8 Å². The highest BCUT2D eigenvalue weighted by Gasteiger charge is 2.48. The molecule has 0 amide bonds. The molecule has 0 atom stereocenters. The van der Waals surface area contributed by atoms with E-state index in [0.29, 0.717) is 0 Å². The standard InChI is InChI=1S/C16H28O5Si/c1-9-10-16(13(17)19-5,14(18)20-6)11-12-21-22(7,8)15(2,3)4/h1H,10-12H2,2-8H3. The first kappa shape index (κ1) is 20.7. The van der Waals surface area contributed by atoms with Crippen molar-refractivity contribution >= 4 is 20.3 Å². The minimum absolute atomic E-state index is 0.0400. The van der Waals surface area contributed by atoms with E-state index in [1.807, 2.05) is 0 Å². The van der Waals surface area contributed by atoms with Crippen LogP contribution in [0.1, 0.15) is 33.6 Å². The molecule has 22 heavy (non-hydrogen) atoms. The van der Waals surface area contributed by atoms with E-state index in [-0.39, 0.29) is 24.5 Å². The van der Waals surface area contributed by atoms with Gasteiger partial charge >= 0.3 is 11.9 Å². The summed E-state index contributed by atoms with van der Waals surface area (Å²) < 4.78 is 15.6. The summed E-state index contributed by atoms with van der Waals surface area (Å²) in [6, 6.07) is 0. The largest absolute Gasteiger partial charge is 0.468 e. The van der Waals surface area contributed by atoms with E-state index < -0.39 is 25.7 Å². The van der Waals surface area contributed by atoms with Crippen molar-refractivity contribution in [3.8, 4) is 12.3 Å². The highest BCUT2D eigenvalue weighted by atomic mass is 28.4. The molecule has 0 fully saturated rings. The van der Waals surface area contributed by atoms with E-state index in [4.69, 9.17) is 20.3 Å². The van der Waals surface area contributed by atoms with Gasteiger partial charge in [0.05, 0.1) is 14.2 Å². The number of hydrogen-bond acceptors (Lipinski definition) is 5. The lowest BCUT2D eigenvalue weighted by molar-refractivity contribution is -0.170. The summed E-state index contributed by atoms with van der Waals surface area (Å²) in [5.41, 5.74) is -1.50. The Morgan fingerprint density at radius 3 is 1.86 bits per heavy atom. The van der Waals surface area contributed by atoms with Crippen LogP contribution in [0, 0.1) is 17.8 Å². The first-order chi connectivity index (χ1) is 9.98. The van der Waals surface area contributed by atoms with Crippen LogP contribution in [0.3, 0.4) is 0 Å². The van der Waals surface area contributed by atoms with Gasteiger partial charge in [0.15, 0.2) is 13.7 Å². The molecule has 126 valence electrons. The first-order valence-electron chi connectivity index (χ1n) is 7.23. The molecule has 0 rings (SSSR count). The topological polar surface area (TPSA) is 61.8 Å². The smallest absolute Gasteiger partial charge is 0.324 e. The van der Waals surface area contributed by atoms with Crippen molar-refractivity contribution in [3.63, 3.8) is 0 Å². The van der Waals surface area contributed by atoms with Gasteiger partial charge in [-0.2, -0.15) is 0 Å². The molecule has 0 saturated carbocycles. The van der Waals surface area contributed by atoms with E-state index in [0.717, 1.165) is 0 Å². The molecule has 0 radical (unpaired) electrons. The molecule has 5 nitrogen and oxygen atoms in total. The molecule has 0 spiro atoms. The van der Waals surface area contributed by atoms with Gasteiger partial charge in [-0.15, -0.1) is 12.3 Å². The van der Waals surface area contributed by atoms with Gasteiger partial charge < -0.3 is 13.9 Å². The molecule has 0 heterocycles. The summed E-state index contributed by atoms with van der Waals surface area (Å²) >= 11 is 0. The lowest BCUT2D eigenvalue weighted by Crippen LogP contribution is -2.45. The zero-order valence-corrected chi connectivity index (χ0v) is 15.7. The molecule has 0 unspecified atom stereocenters. The Hall–Kier alpha value is -1.32. The van der Waals surface area contributed by atoms with E-state index in [2.05, 4.69) is 39.8 Å². The van der Waals surface area contributed by atoms with Crippen LogP contribution < -0.4 is 0 Å². The minimum Gasteiger partial charge on any atom is -0.468 e. The number of rotatable bonds is 7. The molecule has 0 N–H and O–H groups in total. The van der Waals surface area contributed by atoms with Crippen LogP contribution in [-0.2, 0) is 23.5 Å². The summed E-state index contributed by atoms with van der Waals surface area (Å²) in [5, 5.41) is 0.0400. The molecular weight excluding hydrogens is 300 g/mol. The van der Waals surface area contributed by atoms with Crippen LogP contribution in [0.4, 0.5) is 0 Å². The molecule has 0 aliphatic rings. The number of carbonyl (C=O) groups is 2. The zero-order valence-electron chi connectivity index (χ0n) is 14.7. The maximum absolute atomic E-state index is 12.1. The van der Waals surface area contributed by atoms with Crippen molar-refractivity contribution < 1.29 is 23.5 Å². The number of terminal acetylenes is 1. The third-order valence-corrected chi connectivity index (χ3v) is 8.89. The van der Waals surface area contributed by atoms with Gasteiger partial charge in [-0.3, -0.25) is 9.59 Å². The van der Waals surface area contributed by atoms with Crippen molar-refractivity contribution in [2.45, 2.75) is 51.7 Å².